The molecule has 1 saturated heterocycles. The standard InChI is InChI=1S/C10H12IN5O4/c11-7-4-8(15-10(12)14-7)16(2-13-4)9-6(19)5(18)3(1-17)20-9/h2-3,5-6,9,17-19H,1H2,(H2,12,14,15)/t3-,5-,6+,9?/m1/s1. The Bertz CT molecular complexity index is 650. The summed E-state index contributed by atoms with van der Waals surface area (Å²) in [5, 5.41) is 28.9. The lowest BCUT2D eigenvalue weighted by Gasteiger charge is -2.16. The number of aromatic nitrogens is 4. The first-order valence-electron chi connectivity index (χ1n) is 5.81. The van der Waals surface area contributed by atoms with Crippen molar-refractivity contribution < 1.29 is 20.1 Å². The Balaban J connectivity index is 2.07. The molecular weight excluding hydrogens is 381 g/mol. The number of hydrogen-bond acceptors (Lipinski definition) is 8. The molecule has 1 unspecified atom stereocenters. The number of aliphatic hydroxyl groups excluding tert-OH is 3. The highest BCUT2D eigenvalue weighted by molar-refractivity contribution is 14.1. The van der Waals surface area contributed by atoms with Crippen LogP contribution < -0.4 is 5.73 Å². The van der Waals surface area contributed by atoms with Crippen LogP contribution in [0.2, 0.25) is 0 Å². The number of anilines is 1. The largest absolute Gasteiger partial charge is 0.394 e. The number of imidazole rings is 1. The van der Waals surface area contributed by atoms with Crippen LogP contribution in [0.3, 0.4) is 0 Å². The third kappa shape index (κ3) is 2.03. The smallest absolute Gasteiger partial charge is 0.223 e. The zero-order valence-electron chi connectivity index (χ0n) is 10.1. The van der Waals surface area contributed by atoms with Crippen LogP contribution in [0.1, 0.15) is 6.23 Å². The van der Waals surface area contributed by atoms with Gasteiger partial charge in [0, 0.05) is 0 Å². The predicted octanol–water partition coefficient (Wildman–Crippen LogP) is -1.38. The minimum Gasteiger partial charge on any atom is -0.394 e. The minimum atomic E-state index is -1.20. The van der Waals surface area contributed by atoms with Crippen molar-refractivity contribution in [2.45, 2.75) is 24.5 Å². The van der Waals surface area contributed by atoms with Crippen molar-refractivity contribution >= 4 is 39.7 Å². The van der Waals surface area contributed by atoms with E-state index in [1.807, 2.05) is 22.6 Å². The lowest BCUT2D eigenvalue weighted by molar-refractivity contribution is -0.0511. The number of fused-ring (bicyclic) bond motifs is 1. The zero-order valence-corrected chi connectivity index (χ0v) is 12.2. The normalized spacial score (nSPS) is 30.2. The SMILES string of the molecule is Nc1nc(I)c2ncn(C3O[C@H](CO)[C@@H](O)[C@@H]3O)c2n1. The summed E-state index contributed by atoms with van der Waals surface area (Å²) >= 11 is 1.98. The molecule has 20 heavy (non-hydrogen) atoms. The van der Waals surface area contributed by atoms with E-state index < -0.39 is 31.1 Å². The summed E-state index contributed by atoms with van der Waals surface area (Å²) in [7, 11) is 0. The highest BCUT2D eigenvalue weighted by atomic mass is 127. The van der Waals surface area contributed by atoms with E-state index in [9.17, 15) is 10.2 Å². The molecule has 2 aromatic rings. The highest BCUT2D eigenvalue weighted by Gasteiger charge is 2.44. The molecule has 10 heteroatoms. The molecule has 9 nitrogen and oxygen atoms in total. The van der Waals surface area contributed by atoms with E-state index in [1.165, 1.54) is 10.9 Å². The van der Waals surface area contributed by atoms with Gasteiger partial charge in [0.05, 0.1) is 12.9 Å². The van der Waals surface area contributed by atoms with Crippen LogP contribution in [-0.2, 0) is 4.74 Å². The van der Waals surface area contributed by atoms with Gasteiger partial charge in [-0.25, -0.2) is 9.97 Å². The number of hydrogen-bond donors (Lipinski definition) is 4. The first kappa shape index (κ1) is 13.9. The van der Waals surface area contributed by atoms with Gasteiger partial charge in [0.25, 0.3) is 0 Å². The Morgan fingerprint density at radius 1 is 1.35 bits per heavy atom. The van der Waals surface area contributed by atoms with E-state index in [-0.39, 0.29) is 5.95 Å². The maximum absolute atomic E-state index is 10.0. The molecule has 0 aromatic carbocycles. The number of rotatable bonds is 2. The van der Waals surface area contributed by atoms with Gasteiger partial charge in [0.15, 0.2) is 11.9 Å². The second-order valence-electron chi connectivity index (χ2n) is 4.43. The van der Waals surface area contributed by atoms with Crippen molar-refractivity contribution in [3.05, 3.63) is 10.0 Å². The maximum atomic E-state index is 10.0. The van der Waals surface area contributed by atoms with Gasteiger partial charge in [-0.05, 0) is 22.6 Å². The van der Waals surface area contributed by atoms with E-state index in [0.717, 1.165) is 0 Å². The first-order valence-corrected chi connectivity index (χ1v) is 6.88. The summed E-state index contributed by atoms with van der Waals surface area (Å²) in [6, 6.07) is 0. The van der Waals surface area contributed by atoms with Gasteiger partial charge in [-0.2, -0.15) is 4.98 Å². The molecule has 0 bridgehead atoms. The Morgan fingerprint density at radius 2 is 2.10 bits per heavy atom. The zero-order chi connectivity index (χ0) is 14.4. The molecule has 0 saturated carbocycles. The monoisotopic (exact) mass is 393 g/mol. The van der Waals surface area contributed by atoms with E-state index in [0.29, 0.717) is 14.9 Å². The van der Waals surface area contributed by atoms with Gasteiger partial charge in [0.2, 0.25) is 5.95 Å². The average Bonchev–Trinajstić information content (AvgIpc) is 2.93. The van der Waals surface area contributed by atoms with Gasteiger partial charge in [0.1, 0.15) is 27.5 Å². The minimum absolute atomic E-state index is 0.0791. The van der Waals surface area contributed by atoms with Crippen LogP contribution in [0.5, 0.6) is 0 Å². The van der Waals surface area contributed by atoms with Crippen molar-refractivity contribution in [3.8, 4) is 0 Å². The molecule has 1 fully saturated rings. The first-order chi connectivity index (χ1) is 9.52. The second kappa shape index (κ2) is 5.04. The van der Waals surface area contributed by atoms with Crippen LogP contribution in [0.15, 0.2) is 6.33 Å². The van der Waals surface area contributed by atoms with Crippen LogP contribution in [0.25, 0.3) is 11.2 Å². The van der Waals surface area contributed by atoms with Crippen molar-refractivity contribution in [1.29, 1.82) is 0 Å². The molecule has 0 amide bonds. The quantitative estimate of drug-likeness (QED) is 0.362. The Kier molecular flexibility index (Phi) is 3.50. The van der Waals surface area contributed by atoms with Crippen molar-refractivity contribution in [2.24, 2.45) is 0 Å². The number of nitrogen functional groups attached to an aromatic ring is 1. The van der Waals surface area contributed by atoms with E-state index in [4.69, 9.17) is 15.6 Å². The topological polar surface area (TPSA) is 140 Å². The Hall–Kier alpha value is -1.08. The highest BCUT2D eigenvalue weighted by Crippen LogP contribution is 2.31. The average molecular weight is 393 g/mol. The maximum Gasteiger partial charge on any atom is 0.223 e. The fraction of sp³-hybridized carbons (Fsp3) is 0.500. The number of aliphatic hydroxyl groups is 3. The van der Waals surface area contributed by atoms with Crippen LogP contribution in [-0.4, -0.2) is 59.8 Å². The number of nitrogens with two attached hydrogens (primary N) is 1. The molecule has 0 radical (unpaired) electrons. The summed E-state index contributed by atoms with van der Waals surface area (Å²) in [4.78, 5) is 12.2. The molecule has 1 aliphatic heterocycles. The molecule has 2 aromatic heterocycles. The Morgan fingerprint density at radius 3 is 2.75 bits per heavy atom. The predicted molar refractivity (Wildman–Crippen MR) is 75.5 cm³/mol. The van der Waals surface area contributed by atoms with Gasteiger partial charge in [-0.3, -0.25) is 4.57 Å². The van der Waals surface area contributed by atoms with E-state index in [2.05, 4.69) is 15.0 Å². The molecule has 0 spiro atoms. The lowest BCUT2D eigenvalue weighted by Crippen LogP contribution is -2.33. The lowest BCUT2D eigenvalue weighted by atomic mass is 10.1. The van der Waals surface area contributed by atoms with Crippen LogP contribution >= 0.6 is 22.6 Å². The molecule has 3 heterocycles. The molecule has 4 atom stereocenters. The van der Waals surface area contributed by atoms with E-state index in [1.54, 1.807) is 0 Å². The fourth-order valence-corrected chi connectivity index (χ4v) is 2.82. The summed E-state index contributed by atoms with van der Waals surface area (Å²) < 4.78 is 7.49. The molecule has 5 N–H and O–H groups in total. The number of nitrogens with zero attached hydrogens (tertiary/aromatic N) is 4. The summed E-state index contributed by atoms with van der Waals surface area (Å²) in [5.74, 6) is 0.0791. The van der Waals surface area contributed by atoms with E-state index >= 15 is 0 Å². The van der Waals surface area contributed by atoms with Gasteiger partial charge >= 0.3 is 0 Å². The van der Waals surface area contributed by atoms with Crippen LogP contribution in [0.4, 0.5) is 5.95 Å². The number of ether oxygens (including phenoxy) is 1. The van der Waals surface area contributed by atoms with Crippen molar-refractivity contribution in [3.63, 3.8) is 0 Å². The van der Waals surface area contributed by atoms with Crippen molar-refractivity contribution in [2.75, 3.05) is 12.3 Å². The van der Waals surface area contributed by atoms with Crippen molar-refractivity contribution in [1.82, 2.24) is 19.5 Å². The van der Waals surface area contributed by atoms with Crippen LogP contribution in [0, 0.1) is 3.70 Å². The molecular formula is C10H12IN5O4. The fourth-order valence-electron chi connectivity index (χ4n) is 2.19. The summed E-state index contributed by atoms with van der Waals surface area (Å²) in [6.07, 6.45) is -2.69. The summed E-state index contributed by atoms with van der Waals surface area (Å²) in [6.45, 7) is -0.393. The Labute approximate surface area is 126 Å². The van der Waals surface area contributed by atoms with Gasteiger partial charge in [-0.1, -0.05) is 0 Å². The summed E-state index contributed by atoms with van der Waals surface area (Å²) in [5.41, 5.74) is 6.53. The molecule has 1 aliphatic rings. The molecule has 108 valence electrons. The second-order valence-corrected chi connectivity index (χ2v) is 5.45. The third-order valence-electron chi connectivity index (χ3n) is 3.19. The van der Waals surface area contributed by atoms with Gasteiger partial charge < -0.3 is 25.8 Å². The third-order valence-corrected chi connectivity index (χ3v) is 3.94. The molecule has 0 aliphatic carbocycles. The number of halogens is 1. The van der Waals surface area contributed by atoms with Gasteiger partial charge in [-0.15, -0.1) is 0 Å². The molecule has 3 rings (SSSR count).